The molecular formula is C11H10BrN3O. The molecule has 1 heterocycles. The van der Waals surface area contributed by atoms with Crippen LogP contribution in [0.3, 0.4) is 0 Å². The van der Waals surface area contributed by atoms with Crippen molar-refractivity contribution in [1.82, 2.24) is 10.2 Å². The van der Waals surface area contributed by atoms with Gasteiger partial charge in [0.2, 0.25) is 0 Å². The molecule has 2 rings (SSSR count). The normalized spacial score (nSPS) is 10.3. The molecule has 1 amide bonds. The van der Waals surface area contributed by atoms with E-state index in [0.717, 1.165) is 15.7 Å². The fraction of sp³-hybridized carbons (Fsp3) is 0.0909. The van der Waals surface area contributed by atoms with Gasteiger partial charge in [-0.1, -0.05) is 28.1 Å². The number of benzene rings is 1. The van der Waals surface area contributed by atoms with Crippen molar-refractivity contribution in [1.29, 1.82) is 0 Å². The van der Waals surface area contributed by atoms with Crippen molar-refractivity contribution in [3.63, 3.8) is 0 Å². The third kappa shape index (κ3) is 2.49. The predicted octanol–water partition coefficient (Wildman–Crippen LogP) is 1.86. The second-order valence-corrected chi connectivity index (χ2v) is 4.37. The van der Waals surface area contributed by atoms with Crippen LogP contribution in [0.15, 0.2) is 34.8 Å². The summed E-state index contributed by atoms with van der Waals surface area (Å²) in [4.78, 5) is 10.9. The lowest BCUT2D eigenvalue weighted by Gasteiger charge is -1.98. The van der Waals surface area contributed by atoms with E-state index in [4.69, 9.17) is 5.73 Å². The Morgan fingerprint density at radius 2 is 2.25 bits per heavy atom. The van der Waals surface area contributed by atoms with Crippen LogP contribution >= 0.6 is 15.9 Å². The highest BCUT2D eigenvalue weighted by atomic mass is 79.9. The number of hydrogen-bond acceptors (Lipinski definition) is 2. The molecule has 0 atom stereocenters. The van der Waals surface area contributed by atoms with Crippen molar-refractivity contribution in [2.75, 3.05) is 0 Å². The maximum absolute atomic E-state index is 10.9. The van der Waals surface area contributed by atoms with Gasteiger partial charge in [-0.25, -0.2) is 0 Å². The van der Waals surface area contributed by atoms with Gasteiger partial charge in [0.05, 0.1) is 0 Å². The minimum Gasteiger partial charge on any atom is -0.364 e. The quantitative estimate of drug-likeness (QED) is 0.900. The molecule has 1 aromatic carbocycles. The van der Waals surface area contributed by atoms with E-state index in [1.807, 2.05) is 24.3 Å². The fourth-order valence-corrected chi connectivity index (χ4v) is 1.89. The van der Waals surface area contributed by atoms with Crippen molar-refractivity contribution in [2.45, 2.75) is 6.42 Å². The topological polar surface area (TPSA) is 71.8 Å². The van der Waals surface area contributed by atoms with E-state index in [1.54, 1.807) is 6.07 Å². The van der Waals surface area contributed by atoms with Gasteiger partial charge in [0.15, 0.2) is 0 Å². The van der Waals surface area contributed by atoms with Gasteiger partial charge in [0.1, 0.15) is 5.69 Å². The molecule has 0 aliphatic rings. The predicted molar refractivity (Wildman–Crippen MR) is 64.1 cm³/mol. The lowest BCUT2D eigenvalue weighted by molar-refractivity contribution is 0.0995. The van der Waals surface area contributed by atoms with Gasteiger partial charge in [0.25, 0.3) is 5.91 Å². The Kier molecular flexibility index (Phi) is 3.05. The first-order valence-electron chi connectivity index (χ1n) is 4.73. The molecular weight excluding hydrogens is 270 g/mol. The summed E-state index contributed by atoms with van der Waals surface area (Å²) in [7, 11) is 0. The third-order valence-corrected chi connectivity index (χ3v) is 2.66. The van der Waals surface area contributed by atoms with Crippen molar-refractivity contribution >= 4 is 21.8 Å². The van der Waals surface area contributed by atoms with Crippen LogP contribution in [0.5, 0.6) is 0 Å². The molecule has 0 fully saturated rings. The summed E-state index contributed by atoms with van der Waals surface area (Å²) >= 11 is 3.40. The first-order valence-corrected chi connectivity index (χ1v) is 5.53. The monoisotopic (exact) mass is 279 g/mol. The van der Waals surface area contributed by atoms with Crippen LogP contribution in [-0.2, 0) is 6.42 Å². The van der Waals surface area contributed by atoms with E-state index in [1.165, 1.54) is 0 Å². The van der Waals surface area contributed by atoms with Crippen molar-refractivity contribution in [2.24, 2.45) is 5.73 Å². The van der Waals surface area contributed by atoms with Crippen LogP contribution in [0.25, 0.3) is 0 Å². The lowest BCUT2D eigenvalue weighted by atomic mass is 10.1. The number of amides is 1. The number of nitrogens with two attached hydrogens (primary N) is 1. The van der Waals surface area contributed by atoms with Gasteiger partial charge in [-0.2, -0.15) is 5.10 Å². The van der Waals surface area contributed by atoms with Gasteiger partial charge in [-0.3, -0.25) is 9.89 Å². The summed E-state index contributed by atoms with van der Waals surface area (Å²) in [6.45, 7) is 0. The minimum atomic E-state index is -0.517. The number of hydrogen-bond donors (Lipinski definition) is 2. The number of aromatic nitrogens is 2. The van der Waals surface area contributed by atoms with Crippen LogP contribution in [0.1, 0.15) is 21.7 Å². The van der Waals surface area contributed by atoms with Crippen molar-refractivity contribution < 1.29 is 4.79 Å². The second kappa shape index (κ2) is 4.49. The smallest absolute Gasteiger partial charge is 0.269 e. The van der Waals surface area contributed by atoms with Gasteiger partial charge >= 0.3 is 0 Å². The summed E-state index contributed by atoms with van der Waals surface area (Å²) in [6.07, 6.45) is 0.694. The van der Waals surface area contributed by atoms with Crippen molar-refractivity contribution in [3.05, 3.63) is 51.8 Å². The molecule has 0 radical (unpaired) electrons. The van der Waals surface area contributed by atoms with E-state index in [9.17, 15) is 4.79 Å². The largest absolute Gasteiger partial charge is 0.364 e. The Hall–Kier alpha value is -1.62. The highest BCUT2D eigenvalue weighted by Gasteiger charge is 2.06. The van der Waals surface area contributed by atoms with Crippen LogP contribution in [0, 0.1) is 0 Å². The molecule has 82 valence electrons. The SMILES string of the molecule is NC(=O)c1cc(Cc2cccc(Br)c2)[nH]n1. The minimum absolute atomic E-state index is 0.269. The summed E-state index contributed by atoms with van der Waals surface area (Å²) in [6, 6.07) is 9.62. The molecule has 2 aromatic rings. The summed E-state index contributed by atoms with van der Waals surface area (Å²) in [5.41, 5.74) is 7.39. The maximum Gasteiger partial charge on any atom is 0.269 e. The van der Waals surface area contributed by atoms with E-state index in [-0.39, 0.29) is 5.69 Å². The molecule has 1 aromatic heterocycles. The fourth-order valence-electron chi connectivity index (χ4n) is 1.45. The van der Waals surface area contributed by atoms with Crippen LogP contribution in [0.2, 0.25) is 0 Å². The van der Waals surface area contributed by atoms with E-state index < -0.39 is 5.91 Å². The molecule has 0 aliphatic carbocycles. The molecule has 3 N–H and O–H groups in total. The van der Waals surface area contributed by atoms with E-state index >= 15 is 0 Å². The molecule has 16 heavy (non-hydrogen) atoms. The number of rotatable bonds is 3. The number of nitrogens with zero attached hydrogens (tertiary/aromatic N) is 1. The summed E-state index contributed by atoms with van der Waals surface area (Å²) in [5.74, 6) is -0.517. The average molecular weight is 280 g/mol. The molecule has 0 saturated carbocycles. The van der Waals surface area contributed by atoms with Crippen LogP contribution < -0.4 is 5.73 Å². The lowest BCUT2D eigenvalue weighted by Crippen LogP contribution is -2.10. The molecule has 0 aliphatic heterocycles. The van der Waals surface area contributed by atoms with Gasteiger partial charge in [-0.05, 0) is 23.8 Å². The zero-order valence-electron chi connectivity index (χ0n) is 8.40. The van der Waals surface area contributed by atoms with Crippen molar-refractivity contribution in [3.8, 4) is 0 Å². The maximum atomic E-state index is 10.9. The molecule has 0 spiro atoms. The standard InChI is InChI=1S/C11H10BrN3O/c12-8-3-1-2-7(4-8)5-9-6-10(11(13)16)15-14-9/h1-4,6H,5H2,(H2,13,16)(H,14,15). The number of nitrogens with one attached hydrogen (secondary N) is 1. The number of H-pyrrole nitrogens is 1. The Labute approximate surface area is 101 Å². The van der Waals surface area contributed by atoms with Gasteiger partial charge in [0, 0.05) is 16.6 Å². The highest BCUT2D eigenvalue weighted by molar-refractivity contribution is 9.10. The number of carbonyl (C=O) groups is 1. The molecule has 0 bridgehead atoms. The number of primary amides is 1. The first-order chi connectivity index (χ1) is 7.65. The Balaban J connectivity index is 2.17. The summed E-state index contributed by atoms with van der Waals surface area (Å²) in [5, 5.41) is 6.61. The molecule has 5 heteroatoms. The Bertz CT molecular complexity index is 521. The Morgan fingerprint density at radius 1 is 1.44 bits per heavy atom. The third-order valence-electron chi connectivity index (χ3n) is 2.17. The first kappa shape index (κ1) is 10.9. The van der Waals surface area contributed by atoms with Gasteiger partial charge < -0.3 is 5.73 Å². The number of carbonyl (C=O) groups excluding carboxylic acids is 1. The average Bonchev–Trinajstić information content (AvgIpc) is 2.66. The zero-order valence-corrected chi connectivity index (χ0v) is 9.99. The van der Waals surface area contributed by atoms with Gasteiger partial charge in [-0.15, -0.1) is 0 Å². The van der Waals surface area contributed by atoms with E-state index in [0.29, 0.717) is 6.42 Å². The highest BCUT2D eigenvalue weighted by Crippen LogP contribution is 2.14. The Morgan fingerprint density at radius 3 is 2.88 bits per heavy atom. The number of halogens is 1. The molecule has 0 saturated heterocycles. The summed E-state index contributed by atoms with van der Waals surface area (Å²) < 4.78 is 1.03. The van der Waals surface area contributed by atoms with Crippen LogP contribution in [0.4, 0.5) is 0 Å². The zero-order chi connectivity index (χ0) is 11.5. The molecule has 4 nitrogen and oxygen atoms in total. The van der Waals surface area contributed by atoms with Crippen LogP contribution in [-0.4, -0.2) is 16.1 Å². The van der Waals surface area contributed by atoms with E-state index in [2.05, 4.69) is 26.1 Å². The number of aromatic amines is 1. The second-order valence-electron chi connectivity index (χ2n) is 3.45. The molecule has 0 unspecified atom stereocenters.